The molecule has 0 aromatic rings. The molecule has 4 fully saturated rings. The van der Waals surface area contributed by atoms with Crippen molar-refractivity contribution in [3.8, 4) is 0 Å². The lowest BCUT2D eigenvalue weighted by Gasteiger charge is -2.57. The molecular formula is C22H36O3. The van der Waals surface area contributed by atoms with Crippen molar-refractivity contribution in [1.29, 1.82) is 0 Å². The van der Waals surface area contributed by atoms with Crippen LogP contribution in [0, 0.1) is 40.9 Å². The molecule has 0 aliphatic heterocycles. The summed E-state index contributed by atoms with van der Waals surface area (Å²) in [5.41, 5.74) is -0.315. The van der Waals surface area contributed by atoms with Gasteiger partial charge in [-0.3, -0.25) is 4.79 Å². The predicted octanol–water partition coefficient (Wildman–Crippen LogP) is 4.22. The van der Waals surface area contributed by atoms with E-state index in [9.17, 15) is 9.90 Å². The van der Waals surface area contributed by atoms with E-state index in [0.717, 1.165) is 42.9 Å². The van der Waals surface area contributed by atoms with Crippen LogP contribution in [-0.4, -0.2) is 30.2 Å². The molecule has 0 heterocycles. The van der Waals surface area contributed by atoms with Crippen molar-refractivity contribution in [3.63, 3.8) is 0 Å². The minimum atomic E-state index is -0.584. The molecule has 3 nitrogen and oxygen atoms in total. The Balaban J connectivity index is 1.51. The van der Waals surface area contributed by atoms with Crippen molar-refractivity contribution < 1.29 is 14.6 Å². The van der Waals surface area contributed by atoms with Gasteiger partial charge in [-0.05, 0) is 99.7 Å². The maximum absolute atomic E-state index is 12.2. The average molecular weight is 349 g/mol. The van der Waals surface area contributed by atoms with Gasteiger partial charge in [-0.15, -0.1) is 0 Å². The summed E-state index contributed by atoms with van der Waals surface area (Å²) < 4.78 is 5.29. The van der Waals surface area contributed by atoms with E-state index < -0.39 is 5.60 Å². The molecule has 0 radical (unpaired) electrons. The highest BCUT2D eigenvalue weighted by Gasteiger charge is 2.58. The number of methoxy groups -OCH3 is 1. The number of carbonyl (C=O) groups is 1. The SMILES string of the molecule is COC[C@]1(O)CCC2[C@H](CC[C@@H]3[C@@H]2CC[C@]2(C)[C@H](C(C)=O)CC[C@@H]32)C1. The first-order valence-corrected chi connectivity index (χ1v) is 10.6. The van der Waals surface area contributed by atoms with Gasteiger partial charge in [0.15, 0.2) is 0 Å². The molecule has 4 rings (SSSR count). The van der Waals surface area contributed by atoms with Crippen LogP contribution in [0.1, 0.15) is 71.6 Å². The Labute approximate surface area is 152 Å². The highest BCUT2D eigenvalue weighted by atomic mass is 16.5. The summed E-state index contributed by atoms with van der Waals surface area (Å²) in [6.07, 6.45) is 10.6. The average Bonchev–Trinajstić information content (AvgIpc) is 2.91. The second kappa shape index (κ2) is 6.34. The van der Waals surface area contributed by atoms with E-state index in [1.165, 1.54) is 38.5 Å². The fourth-order valence-corrected chi connectivity index (χ4v) is 8.03. The molecule has 3 heteroatoms. The molecule has 0 bridgehead atoms. The monoisotopic (exact) mass is 348 g/mol. The van der Waals surface area contributed by atoms with Crippen molar-refractivity contribution in [1.82, 2.24) is 0 Å². The Bertz CT molecular complexity index is 531. The fraction of sp³-hybridized carbons (Fsp3) is 0.955. The number of hydrogen-bond donors (Lipinski definition) is 1. The number of carbonyl (C=O) groups excluding carboxylic acids is 1. The van der Waals surface area contributed by atoms with Gasteiger partial charge in [0.2, 0.25) is 0 Å². The van der Waals surface area contributed by atoms with Crippen LogP contribution < -0.4 is 0 Å². The van der Waals surface area contributed by atoms with E-state index in [0.29, 0.717) is 24.2 Å². The van der Waals surface area contributed by atoms with Gasteiger partial charge >= 0.3 is 0 Å². The lowest BCUT2D eigenvalue weighted by Crippen LogP contribution is -2.52. The second-order valence-corrected chi connectivity index (χ2v) is 10.1. The van der Waals surface area contributed by atoms with E-state index in [1.54, 1.807) is 7.11 Å². The van der Waals surface area contributed by atoms with Crippen LogP contribution in [0.5, 0.6) is 0 Å². The molecule has 0 spiro atoms. The first-order valence-electron chi connectivity index (χ1n) is 10.6. The molecule has 4 saturated carbocycles. The zero-order valence-corrected chi connectivity index (χ0v) is 16.3. The quantitative estimate of drug-likeness (QED) is 0.830. The third-order valence-corrected chi connectivity index (χ3v) is 9.01. The highest BCUT2D eigenvalue weighted by molar-refractivity contribution is 5.79. The van der Waals surface area contributed by atoms with E-state index in [-0.39, 0.29) is 5.41 Å². The molecule has 142 valence electrons. The summed E-state index contributed by atoms with van der Waals surface area (Å²) in [7, 11) is 1.70. The Kier molecular flexibility index (Phi) is 4.56. The molecule has 25 heavy (non-hydrogen) atoms. The van der Waals surface area contributed by atoms with Gasteiger partial charge in [0.25, 0.3) is 0 Å². The van der Waals surface area contributed by atoms with Crippen LogP contribution in [-0.2, 0) is 9.53 Å². The third-order valence-electron chi connectivity index (χ3n) is 9.01. The van der Waals surface area contributed by atoms with Gasteiger partial charge in [0.1, 0.15) is 5.78 Å². The van der Waals surface area contributed by atoms with Gasteiger partial charge in [-0.25, -0.2) is 0 Å². The zero-order valence-electron chi connectivity index (χ0n) is 16.3. The molecule has 0 aromatic carbocycles. The van der Waals surface area contributed by atoms with Gasteiger partial charge < -0.3 is 9.84 Å². The lowest BCUT2D eigenvalue weighted by molar-refractivity contribution is -0.134. The molecule has 1 N–H and O–H groups in total. The van der Waals surface area contributed by atoms with Crippen molar-refractivity contribution in [3.05, 3.63) is 0 Å². The number of ketones is 1. The first-order chi connectivity index (χ1) is 11.9. The lowest BCUT2D eigenvalue weighted by atomic mass is 9.49. The van der Waals surface area contributed by atoms with E-state index in [1.807, 2.05) is 6.92 Å². The molecule has 0 amide bonds. The van der Waals surface area contributed by atoms with Gasteiger partial charge in [0, 0.05) is 13.0 Å². The second-order valence-electron chi connectivity index (χ2n) is 10.1. The Morgan fingerprint density at radius 2 is 1.80 bits per heavy atom. The Hall–Kier alpha value is -0.410. The molecular weight excluding hydrogens is 312 g/mol. The zero-order chi connectivity index (χ0) is 17.8. The largest absolute Gasteiger partial charge is 0.387 e. The van der Waals surface area contributed by atoms with E-state index >= 15 is 0 Å². The maximum Gasteiger partial charge on any atom is 0.133 e. The standard InChI is InChI=1S/C22H36O3/c1-14(23)19-6-7-20-18-5-4-15-12-22(24,13-25-3)11-9-16(15)17(18)8-10-21(19,20)2/h15-20,24H,4-13H2,1-3H3/t15-,16?,17-,18-,19+,20+,21-,22+/m1/s1. The first kappa shape index (κ1) is 18.0. The summed E-state index contributed by atoms with van der Waals surface area (Å²) in [6.45, 7) is 4.74. The van der Waals surface area contributed by atoms with Gasteiger partial charge in [-0.1, -0.05) is 6.92 Å². The van der Waals surface area contributed by atoms with Crippen LogP contribution in [0.3, 0.4) is 0 Å². The normalized spacial score (nSPS) is 52.2. The van der Waals surface area contributed by atoms with E-state index in [4.69, 9.17) is 4.74 Å². The summed E-state index contributed by atoms with van der Waals surface area (Å²) in [6, 6.07) is 0. The van der Waals surface area contributed by atoms with Crippen LogP contribution in [0.25, 0.3) is 0 Å². The van der Waals surface area contributed by atoms with Crippen molar-refractivity contribution in [2.24, 2.45) is 40.9 Å². The van der Waals surface area contributed by atoms with E-state index in [2.05, 4.69) is 6.92 Å². The number of ether oxygens (including phenoxy) is 1. The van der Waals surface area contributed by atoms with Gasteiger partial charge in [0.05, 0.1) is 12.2 Å². The van der Waals surface area contributed by atoms with Crippen LogP contribution in [0.15, 0.2) is 0 Å². The number of rotatable bonds is 3. The summed E-state index contributed by atoms with van der Waals surface area (Å²) in [4.78, 5) is 12.2. The van der Waals surface area contributed by atoms with Crippen LogP contribution >= 0.6 is 0 Å². The number of fused-ring (bicyclic) bond motifs is 5. The van der Waals surface area contributed by atoms with Crippen molar-refractivity contribution >= 4 is 5.78 Å². The number of aliphatic hydroxyl groups is 1. The van der Waals surface area contributed by atoms with Crippen molar-refractivity contribution in [2.75, 3.05) is 13.7 Å². The minimum Gasteiger partial charge on any atom is -0.387 e. The predicted molar refractivity (Wildman–Crippen MR) is 98.1 cm³/mol. The van der Waals surface area contributed by atoms with Crippen molar-refractivity contribution in [2.45, 2.75) is 77.2 Å². The maximum atomic E-state index is 12.2. The van der Waals surface area contributed by atoms with Crippen LogP contribution in [0.2, 0.25) is 0 Å². The highest BCUT2D eigenvalue weighted by Crippen LogP contribution is 2.64. The number of Topliss-reactive ketones (excluding diaryl/α,β-unsaturated/α-hetero) is 1. The smallest absolute Gasteiger partial charge is 0.133 e. The van der Waals surface area contributed by atoms with Crippen LogP contribution in [0.4, 0.5) is 0 Å². The fourth-order valence-electron chi connectivity index (χ4n) is 8.03. The summed E-state index contributed by atoms with van der Waals surface area (Å²) >= 11 is 0. The molecule has 8 atom stereocenters. The summed E-state index contributed by atoms with van der Waals surface area (Å²) in [5, 5.41) is 10.8. The molecule has 0 aromatic heterocycles. The minimum absolute atomic E-state index is 0.269. The van der Waals surface area contributed by atoms with Gasteiger partial charge in [-0.2, -0.15) is 0 Å². The molecule has 4 aliphatic carbocycles. The molecule has 4 aliphatic rings. The molecule has 0 saturated heterocycles. The third kappa shape index (κ3) is 2.81. The topological polar surface area (TPSA) is 46.5 Å². The number of hydrogen-bond acceptors (Lipinski definition) is 3. The summed E-state index contributed by atoms with van der Waals surface area (Å²) in [5.74, 6) is 4.67. The Morgan fingerprint density at radius 3 is 2.52 bits per heavy atom. The molecule has 1 unspecified atom stereocenters. The Morgan fingerprint density at radius 1 is 1.04 bits per heavy atom.